The zero-order valence-electron chi connectivity index (χ0n) is 8.27. The highest BCUT2D eigenvalue weighted by atomic mass is 19.4. The fourth-order valence-corrected chi connectivity index (χ4v) is 0.662. The third-order valence-corrected chi connectivity index (χ3v) is 1.47. The Labute approximate surface area is 82.1 Å². The van der Waals surface area contributed by atoms with Gasteiger partial charge in [0.25, 0.3) is 0 Å². The van der Waals surface area contributed by atoms with E-state index >= 15 is 0 Å². The van der Waals surface area contributed by atoms with Crippen LogP contribution in [-0.2, 0) is 9.47 Å². The molecular weight excluding hydrogens is 196 g/mol. The smallest absolute Gasteiger partial charge is 0.445 e. The van der Waals surface area contributed by atoms with E-state index in [9.17, 15) is 12.9 Å². The molecule has 0 aromatic carbocycles. The lowest BCUT2D eigenvalue weighted by atomic mass is 9.81. The minimum Gasteiger partial charge on any atom is -0.445 e. The second kappa shape index (κ2) is 6.89. The lowest BCUT2D eigenvalue weighted by Gasteiger charge is -2.17. The molecule has 0 aliphatic carbocycles. The van der Waals surface area contributed by atoms with Gasteiger partial charge in [-0.3, -0.25) is 0 Å². The second-order valence-electron chi connectivity index (χ2n) is 2.90. The van der Waals surface area contributed by atoms with E-state index in [0.717, 1.165) is 6.42 Å². The molecule has 6 heteroatoms. The summed E-state index contributed by atoms with van der Waals surface area (Å²) in [5.41, 5.74) is -0.805. The molecule has 0 saturated heterocycles. The molecule has 0 rings (SSSR count). The van der Waals surface area contributed by atoms with Crippen LogP contribution >= 0.6 is 0 Å². The summed E-state index contributed by atoms with van der Waals surface area (Å²) in [5.74, 6) is 0. The van der Waals surface area contributed by atoms with Gasteiger partial charge < -0.3 is 22.4 Å². The highest BCUT2D eigenvalue weighted by Gasteiger charge is 2.26. The van der Waals surface area contributed by atoms with Gasteiger partial charge in [-0.1, -0.05) is 6.92 Å². The summed E-state index contributed by atoms with van der Waals surface area (Å²) in [6.07, 6.45) is 0.887. The lowest BCUT2D eigenvalue weighted by Crippen LogP contribution is -2.23. The van der Waals surface area contributed by atoms with Crippen LogP contribution in [0.15, 0.2) is 12.1 Å². The van der Waals surface area contributed by atoms with E-state index in [4.69, 9.17) is 9.47 Å². The molecule has 0 bridgehead atoms. The number of halogens is 3. The minimum atomic E-state index is -4.96. The van der Waals surface area contributed by atoms with Crippen molar-refractivity contribution in [1.82, 2.24) is 0 Å². The molecule has 0 aliphatic heterocycles. The molecule has 0 atom stereocenters. The number of hydrogen-bond donors (Lipinski definition) is 0. The van der Waals surface area contributed by atoms with Crippen molar-refractivity contribution in [3.63, 3.8) is 0 Å². The van der Waals surface area contributed by atoms with E-state index < -0.39 is 19.1 Å². The molecule has 0 heterocycles. The van der Waals surface area contributed by atoms with Crippen LogP contribution in [0.2, 0.25) is 0 Å². The zero-order chi connectivity index (χ0) is 11.0. The van der Waals surface area contributed by atoms with Crippen molar-refractivity contribution < 1.29 is 22.4 Å². The normalized spacial score (nSPS) is 11.7. The summed E-state index contributed by atoms with van der Waals surface area (Å²) < 4.78 is 45.6. The molecule has 0 spiro atoms. The largest absolute Gasteiger partial charge is 0.507 e. The Morgan fingerprint density at radius 2 is 1.71 bits per heavy atom. The van der Waals surface area contributed by atoms with Gasteiger partial charge in [-0.05, 0) is 6.42 Å². The maximum absolute atomic E-state index is 11.9. The van der Waals surface area contributed by atoms with Gasteiger partial charge in [0.1, 0.15) is 0 Å². The van der Waals surface area contributed by atoms with E-state index in [0.29, 0.717) is 13.2 Å². The van der Waals surface area contributed by atoms with Crippen LogP contribution in [0.25, 0.3) is 0 Å². The summed E-state index contributed by atoms with van der Waals surface area (Å²) in [4.78, 5) is 0. The number of hydrogen-bond acceptors (Lipinski definition) is 2. The maximum atomic E-state index is 11.9. The molecule has 0 unspecified atom stereocenters. The van der Waals surface area contributed by atoms with E-state index in [1.54, 1.807) is 0 Å². The van der Waals surface area contributed by atoms with E-state index in [1.165, 1.54) is 0 Å². The Kier molecular flexibility index (Phi) is 6.65. The van der Waals surface area contributed by atoms with Crippen LogP contribution in [0.1, 0.15) is 13.3 Å². The molecule has 84 valence electrons. The van der Waals surface area contributed by atoms with Gasteiger partial charge in [0.05, 0.1) is 13.2 Å². The SMILES string of the molecule is C=C(COCCOCCC)[B-](F)(F)F. The van der Waals surface area contributed by atoms with Crippen LogP contribution in [0, 0.1) is 0 Å². The van der Waals surface area contributed by atoms with E-state index in [-0.39, 0.29) is 6.61 Å². The summed E-state index contributed by atoms with van der Waals surface area (Å²) in [6.45, 7) is 0.533. The van der Waals surface area contributed by atoms with Gasteiger partial charge >= 0.3 is 6.98 Å². The van der Waals surface area contributed by atoms with Gasteiger partial charge in [-0.2, -0.15) is 0 Å². The lowest BCUT2D eigenvalue weighted by molar-refractivity contribution is 0.0570. The fraction of sp³-hybridized carbons (Fsp3) is 0.750. The predicted molar refractivity (Wildman–Crippen MR) is 50.1 cm³/mol. The van der Waals surface area contributed by atoms with Crippen molar-refractivity contribution in [2.75, 3.05) is 26.4 Å². The van der Waals surface area contributed by atoms with E-state index in [1.807, 2.05) is 6.92 Å². The first-order valence-corrected chi connectivity index (χ1v) is 4.51. The molecular formula is C8H15BF3O2-. The molecule has 0 fully saturated rings. The maximum Gasteiger partial charge on any atom is 0.507 e. The predicted octanol–water partition coefficient (Wildman–Crippen LogP) is 2.37. The fourth-order valence-electron chi connectivity index (χ4n) is 0.662. The highest BCUT2D eigenvalue weighted by Crippen LogP contribution is 2.17. The van der Waals surface area contributed by atoms with Gasteiger partial charge in [-0.15, -0.1) is 12.1 Å². The summed E-state index contributed by atoms with van der Waals surface area (Å²) in [7, 11) is 0. The van der Waals surface area contributed by atoms with Crippen molar-refractivity contribution in [2.45, 2.75) is 13.3 Å². The first-order chi connectivity index (χ1) is 6.48. The van der Waals surface area contributed by atoms with Crippen molar-refractivity contribution in [1.29, 1.82) is 0 Å². The van der Waals surface area contributed by atoms with E-state index in [2.05, 4.69) is 6.58 Å². The summed E-state index contributed by atoms with van der Waals surface area (Å²) in [6, 6.07) is 0. The van der Waals surface area contributed by atoms with Crippen molar-refractivity contribution >= 4 is 6.98 Å². The summed E-state index contributed by atoms with van der Waals surface area (Å²) >= 11 is 0. The number of ether oxygens (including phenoxy) is 2. The first kappa shape index (κ1) is 13.5. The Hall–Kier alpha value is -0.485. The molecule has 0 N–H and O–H groups in total. The molecule has 0 saturated carbocycles. The average molecular weight is 211 g/mol. The molecule has 0 aromatic rings. The third kappa shape index (κ3) is 6.97. The van der Waals surface area contributed by atoms with Crippen molar-refractivity contribution in [3.8, 4) is 0 Å². The molecule has 2 nitrogen and oxygen atoms in total. The topological polar surface area (TPSA) is 18.5 Å². The molecule has 0 radical (unpaired) electrons. The number of rotatable bonds is 8. The van der Waals surface area contributed by atoms with Crippen LogP contribution < -0.4 is 0 Å². The van der Waals surface area contributed by atoms with Gasteiger partial charge in [0.15, 0.2) is 0 Å². The quantitative estimate of drug-likeness (QED) is 0.453. The van der Waals surface area contributed by atoms with Crippen molar-refractivity contribution in [2.24, 2.45) is 0 Å². The monoisotopic (exact) mass is 211 g/mol. The highest BCUT2D eigenvalue weighted by molar-refractivity contribution is 6.66. The Morgan fingerprint density at radius 1 is 1.14 bits per heavy atom. The average Bonchev–Trinajstić information content (AvgIpc) is 2.09. The zero-order valence-corrected chi connectivity index (χ0v) is 8.27. The van der Waals surface area contributed by atoms with Crippen LogP contribution in [0.5, 0.6) is 0 Å². The molecule has 14 heavy (non-hydrogen) atoms. The van der Waals surface area contributed by atoms with Crippen LogP contribution in [0.3, 0.4) is 0 Å². The molecule has 0 aliphatic rings. The molecule has 0 amide bonds. The van der Waals surface area contributed by atoms with Gasteiger partial charge in [0.2, 0.25) is 0 Å². The minimum absolute atomic E-state index is 0.172. The van der Waals surface area contributed by atoms with Crippen molar-refractivity contribution in [3.05, 3.63) is 12.1 Å². The Morgan fingerprint density at radius 3 is 2.21 bits per heavy atom. The van der Waals surface area contributed by atoms with Crippen LogP contribution in [0.4, 0.5) is 12.9 Å². The Bertz CT molecular complexity index is 170. The second-order valence-corrected chi connectivity index (χ2v) is 2.90. The third-order valence-electron chi connectivity index (χ3n) is 1.47. The first-order valence-electron chi connectivity index (χ1n) is 4.51. The summed E-state index contributed by atoms with van der Waals surface area (Å²) in [5, 5.41) is 0. The standard InChI is InChI=1S/C8H15BF3O2/c1-3-4-13-5-6-14-7-8(2)9(10,11)12/h2-7H2,1H3/q-1. The molecule has 0 aromatic heterocycles. The van der Waals surface area contributed by atoms with Gasteiger partial charge in [-0.25, -0.2) is 0 Å². The van der Waals surface area contributed by atoms with Crippen LogP contribution in [-0.4, -0.2) is 33.4 Å². The van der Waals surface area contributed by atoms with Gasteiger partial charge in [0, 0.05) is 13.2 Å². The Balaban J connectivity index is 3.33.